The van der Waals surface area contributed by atoms with Gasteiger partial charge in [-0.3, -0.25) is 10.6 Å². The molecular formula is C25H42N8. The van der Waals surface area contributed by atoms with E-state index in [1.165, 1.54) is 57.1 Å². The summed E-state index contributed by atoms with van der Waals surface area (Å²) < 4.78 is 0. The fourth-order valence-electron chi connectivity index (χ4n) is 5.20. The largest absolute Gasteiger partial charge is 0.378 e. The van der Waals surface area contributed by atoms with Crippen molar-refractivity contribution < 1.29 is 0 Å². The number of aliphatic imine (C=N–C) groups is 2. The van der Waals surface area contributed by atoms with E-state index in [0.29, 0.717) is 18.0 Å². The molecule has 2 atom stereocenters. The molecule has 2 heterocycles. The highest BCUT2D eigenvalue weighted by Gasteiger charge is 2.31. The van der Waals surface area contributed by atoms with Crippen LogP contribution in [0.1, 0.15) is 58.3 Å². The summed E-state index contributed by atoms with van der Waals surface area (Å²) in [6.07, 6.45) is 9.53. The lowest BCUT2D eigenvalue weighted by atomic mass is 10.1. The molecule has 4 rings (SSSR count). The highest BCUT2D eigenvalue weighted by molar-refractivity contribution is 6.03. The van der Waals surface area contributed by atoms with Gasteiger partial charge in [0.25, 0.3) is 0 Å². The molecule has 2 aliphatic heterocycles. The lowest BCUT2D eigenvalue weighted by Crippen LogP contribution is -2.56. The molecule has 3 aliphatic rings. The van der Waals surface area contributed by atoms with Gasteiger partial charge < -0.3 is 20.4 Å². The van der Waals surface area contributed by atoms with Crippen LogP contribution in [0.4, 0.5) is 11.4 Å². The van der Waals surface area contributed by atoms with Crippen LogP contribution in [0.25, 0.3) is 0 Å². The molecule has 33 heavy (non-hydrogen) atoms. The topological polar surface area (TPSA) is 84.5 Å². The number of hydrogen-bond donors (Lipinski definition) is 3. The number of guanidine groups is 2. The van der Waals surface area contributed by atoms with E-state index in [4.69, 9.17) is 15.7 Å². The molecule has 1 saturated carbocycles. The predicted molar refractivity (Wildman–Crippen MR) is 139 cm³/mol. The summed E-state index contributed by atoms with van der Waals surface area (Å²) in [7, 11) is 4.11. The fourth-order valence-corrected chi connectivity index (χ4v) is 5.20. The first-order valence-electron chi connectivity index (χ1n) is 12.8. The second-order valence-electron chi connectivity index (χ2n) is 9.78. The van der Waals surface area contributed by atoms with Crippen molar-refractivity contribution in [3.63, 3.8) is 0 Å². The maximum Gasteiger partial charge on any atom is 0.224 e. The Labute approximate surface area is 199 Å². The molecule has 8 heteroatoms. The minimum atomic E-state index is -0.446. The Morgan fingerprint density at radius 3 is 2.42 bits per heavy atom. The normalized spacial score (nSPS) is 24.8. The Hall–Kier alpha value is -2.32. The van der Waals surface area contributed by atoms with Crippen molar-refractivity contribution in [1.29, 1.82) is 0 Å². The van der Waals surface area contributed by atoms with Crippen LogP contribution in [0.3, 0.4) is 0 Å². The summed E-state index contributed by atoms with van der Waals surface area (Å²) in [6.45, 7) is 5.29. The number of benzene rings is 1. The molecular weight excluding hydrogens is 412 g/mol. The van der Waals surface area contributed by atoms with Crippen LogP contribution in [0.5, 0.6) is 0 Å². The number of anilines is 2. The lowest BCUT2D eigenvalue weighted by molar-refractivity contribution is 0.199. The maximum absolute atomic E-state index is 6.63. The molecule has 2 unspecified atom stereocenters. The lowest BCUT2D eigenvalue weighted by Gasteiger charge is -2.37. The SMILES string of the molecule is CCN1CCCC1CN1C(Nc2ccc(N(C)C)cc2)=NC(NC2CCCCCC2)=NC1N. The summed E-state index contributed by atoms with van der Waals surface area (Å²) in [5, 5.41) is 7.15. The van der Waals surface area contributed by atoms with E-state index < -0.39 is 6.29 Å². The highest BCUT2D eigenvalue weighted by Crippen LogP contribution is 2.22. The monoisotopic (exact) mass is 454 g/mol. The molecule has 0 spiro atoms. The third-order valence-electron chi connectivity index (χ3n) is 7.20. The van der Waals surface area contributed by atoms with Crippen molar-refractivity contribution in [2.24, 2.45) is 15.7 Å². The summed E-state index contributed by atoms with van der Waals surface area (Å²) in [5.74, 6) is 1.45. The summed E-state index contributed by atoms with van der Waals surface area (Å²) in [4.78, 5) is 16.5. The van der Waals surface area contributed by atoms with E-state index in [-0.39, 0.29) is 0 Å². The molecule has 0 amide bonds. The van der Waals surface area contributed by atoms with Crippen molar-refractivity contribution in [3.05, 3.63) is 24.3 Å². The number of nitrogens with zero attached hydrogens (tertiary/aromatic N) is 5. The van der Waals surface area contributed by atoms with Crippen LogP contribution < -0.4 is 21.3 Å². The van der Waals surface area contributed by atoms with Gasteiger partial charge in [0.05, 0.1) is 0 Å². The van der Waals surface area contributed by atoms with Crippen molar-refractivity contribution in [2.45, 2.75) is 76.7 Å². The van der Waals surface area contributed by atoms with Crippen molar-refractivity contribution >= 4 is 23.3 Å². The Kier molecular flexibility index (Phi) is 8.09. The van der Waals surface area contributed by atoms with Crippen molar-refractivity contribution in [1.82, 2.24) is 15.1 Å². The summed E-state index contributed by atoms with van der Waals surface area (Å²) >= 11 is 0. The Morgan fingerprint density at radius 1 is 1.03 bits per heavy atom. The molecule has 0 radical (unpaired) electrons. The van der Waals surface area contributed by atoms with Crippen LogP contribution in [0, 0.1) is 0 Å². The van der Waals surface area contributed by atoms with Gasteiger partial charge in [-0.2, -0.15) is 4.99 Å². The number of nitrogens with two attached hydrogens (primary N) is 1. The molecule has 1 aromatic carbocycles. The molecule has 2 fully saturated rings. The number of likely N-dealkylation sites (N-methyl/N-ethyl adjacent to an activating group) is 1. The fraction of sp³-hybridized carbons (Fsp3) is 0.680. The number of hydrogen-bond acceptors (Lipinski definition) is 8. The number of likely N-dealkylation sites (tertiary alicyclic amines) is 1. The van der Waals surface area contributed by atoms with E-state index in [1.54, 1.807) is 0 Å². The second kappa shape index (κ2) is 11.2. The molecule has 1 aliphatic carbocycles. The second-order valence-corrected chi connectivity index (χ2v) is 9.78. The predicted octanol–water partition coefficient (Wildman–Crippen LogP) is 3.23. The minimum Gasteiger partial charge on any atom is -0.378 e. The number of nitrogens with one attached hydrogen (secondary N) is 2. The summed E-state index contributed by atoms with van der Waals surface area (Å²) in [6, 6.07) is 9.34. The first-order valence-corrected chi connectivity index (χ1v) is 12.8. The van der Waals surface area contributed by atoms with Gasteiger partial charge in [0, 0.05) is 44.1 Å². The molecule has 1 aromatic rings. The molecule has 8 nitrogen and oxygen atoms in total. The standard InChI is InChI=1S/C25H42N8/c1-4-32-17-9-12-22(32)18-33-23(26)29-24(27-19-10-7-5-6-8-11-19)30-25(33)28-20-13-15-21(16-14-20)31(2)3/h13-16,19,22-23H,4-12,17-18,26H2,1-3H3,(H2,27,28,29,30). The van der Waals surface area contributed by atoms with Crippen LogP contribution >= 0.6 is 0 Å². The van der Waals surface area contributed by atoms with E-state index in [0.717, 1.165) is 31.3 Å². The van der Waals surface area contributed by atoms with Gasteiger partial charge in [-0.15, -0.1) is 0 Å². The Bertz CT molecular complexity index is 810. The average molecular weight is 455 g/mol. The maximum atomic E-state index is 6.63. The zero-order chi connectivity index (χ0) is 23.2. The van der Waals surface area contributed by atoms with Gasteiger partial charge in [0.1, 0.15) is 0 Å². The van der Waals surface area contributed by atoms with Gasteiger partial charge in [-0.25, -0.2) is 4.99 Å². The van der Waals surface area contributed by atoms with E-state index in [9.17, 15) is 0 Å². The van der Waals surface area contributed by atoms with E-state index in [1.807, 2.05) is 0 Å². The zero-order valence-corrected chi connectivity index (χ0v) is 20.6. The quantitative estimate of drug-likeness (QED) is 0.573. The smallest absolute Gasteiger partial charge is 0.224 e. The molecule has 182 valence electrons. The first-order chi connectivity index (χ1) is 16.0. The van der Waals surface area contributed by atoms with Crippen molar-refractivity contribution in [2.75, 3.05) is 43.9 Å². The summed E-state index contributed by atoms with van der Waals surface area (Å²) in [5.41, 5.74) is 8.80. The van der Waals surface area contributed by atoms with E-state index in [2.05, 4.69) is 70.6 Å². The van der Waals surface area contributed by atoms with Gasteiger partial charge in [0.15, 0.2) is 6.29 Å². The van der Waals surface area contributed by atoms with Crippen molar-refractivity contribution in [3.8, 4) is 0 Å². The first kappa shape index (κ1) is 23.8. The minimum absolute atomic E-state index is 0.430. The van der Waals surface area contributed by atoms with Crippen LogP contribution in [-0.4, -0.2) is 73.8 Å². The zero-order valence-electron chi connectivity index (χ0n) is 20.6. The van der Waals surface area contributed by atoms with Crippen LogP contribution in [-0.2, 0) is 0 Å². The average Bonchev–Trinajstić information content (AvgIpc) is 3.10. The van der Waals surface area contributed by atoms with Crippen LogP contribution in [0.15, 0.2) is 34.3 Å². The van der Waals surface area contributed by atoms with Gasteiger partial charge >= 0.3 is 0 Å². The molecule has 0 aromatic heterocycles. The van der Waals surface area contributed by atoms with Gasteiger partial charge in [-0.1, -0.05) is 32.6 Å². The van der Waals surface area contributed by atoms with Crippen LogP contribution in [0.2, 0.25) is 0 Å². The van der Waals surface area contributed by atoms with E-state index >= 15 is 0 Å². The van der Waals surface area contributed by atoms with Gasteiger partial charge in [-0.05, 0) is 63.0 Å². The Morgan fingerprint density at radius 2 is 1.76 bits per heavy atom. The third kappa shape index (κ3) is 6.18. The third-order valence-corrected chi connectivity index (χ3v) is 7.20. The number of rotatable bonds is 6. The highest BCUT2D eigenvalue weighted by atomic mass is 15.5. The molecule has 0 bridgehead atoms. The molecule has 4 N–H and O–H groups in total. The Balaban J connectivity index is 1.53. The molecule has 1 saturated heterocycles. The van der Waals surface area contributed by atoms with Gasteiger partial charge in [0.2, 0.25) is 11.9 Å².